The third kappa shape index (κ3) is 4.60. The van der Waals surface area contributed by atoms with Crippen LogP contribution in [0.25, 0.3) is 0 Å². The second kappa shape index (κ2) is 8.44. The number of aromatic amines is 1. The monoisotopic (exact) mass is 398 g/mol. The highest BCUT2D eigenvalue weighted by atomic mass is 32.2. The molecule has 142 valence electrons. The van der Waals surface area contributed by atoms with Crippen LogP contribution in [0.3, 0.4) is 0 Å². The summed E-state index contributed by atoms with van der Waals surface area (Å²) in [6.07, 6.45) is 0.00108. The Labute approximate surface area is 162 Å². The first-order valence-corrected chi connectivity index (χ1v) is 9.06. The summed E-state index contributed by atoms with van der Waals surface area (Å²) in [6, 6.07) is 12.5. The van der Waals surface area contributed by atoms with Crippen LogP contribution >= 0.6 is 11.8 Å². The molecule has 28 heavy (non-hydrogen) atoms. The van der Waals surface area contributed by atoms with E-state index in [2.05, 4.69) is 15.2 Å². The number of H-pyrrole nitrogens is 1. The van der Waals surface area contributed by atoms with Gasteiger partial charge in [-0.05, 0) is 17.7 Å². The van der Waals surface area contributed by atoms with E-state index in [4.69, 9.17) is 5.11 Å². The summed E-state index contributed by atoms with van der Waals surface area (Å²) in [6.45, 7) is 0. The average molecular weight is 398 g/mol. The van der Waals surface area contributed by atoms with Crippen LogP contribution in [0.15, 0.2) is 58.5 Å². The third-order valence-corrected chi connectivity index (χ3v) is 4.80. The van der Waals surface area contributed by atoms with Crippen molar-refractivity contribution in [1.29, 1.82) is 0 Å². The summed E-state index contributed by atoms with van der Waals surface area (Å²) in [5.74, 6) is -0.530. The minimum Gasteiger partial charge on any atom is -0.478 e. The first kappa shape index (κ1) is 19.2. The predicted molar refractivity (Wildman–Crippen MR) is 102 cm³/mol. The molecule has 1 heterocycles. The summed E-state index contributed by atoms with van der Waals surface area (Å²) in [7, 11) is 0. The van der Waals surface area contributed by atoms with Gasteiger partial charge in [0.1, 0.15) is 5.69 Å². The smallest absolute Gasteiger partial charge is 0.335 e. The Balaban J connectivity index is 1.70. The highest BCUT2D eigenvalue weighted by molar-refractivity contribution is 7.98. The van der Waals surface area contributed by atoms with Crippen molar-refractivity contribution in [3.63, 3.8) is 0 Å². The number of benzene rings is 2. The van der Waals surface area contributed by atoms with Gasteiger partial charge in [-0.15, -0.1) is 10.2 Å². The molecule has 0 unspecified atom stereocenters. The molecule has 0 aliphatic rings. The number of para-hydroxylation sites is 1. The molecule has 0 saturated carbocycles. The van der Waals surface area contributed by atoms with Crippen LogP contribution in [-0.4, -0.2) is 31.2 Å². The number of nitrogens with one attached hydrogen (secondary N) is 1. The average Bonchev–Trinajstić information content (AvgIpc) is 2.69. The quantitative estimate of drug-likeness (QED) is 0.352. The van der Waals surface area contributed by atoms with Gasteiger partial charge in [0.2, 0.25) is 0 Å². The first-order chi connectivity index (χ1) is 13.4. The number of rotatable bonds is 7. The van der Waals surface area contributed by atoms with Crippen molar-refractivity contribution < 1.29 is 14.8 Å². The molecular weight excluding hydrogens is 384 g/mol. The van der Waals surface area contributed by atoms with Crippen molar-refractivity contribution in [3.05, 3.63) is 91.4 Å². The van der Waals surface area contributed by atoms with E-state index in [-0.39, 0.29) is 23.4 Å². The lowest BCUT2D eigenvalue weighted by molar-refractivity contribution is -0.385. The molecule has 9 nitrogen and oxygen atoms in total. The first-order valence-electron chi connectivity index (χ1n) is 8.07. The Kier molecular flexibility index (Phi) is 5.80. The number of carbonyl (C=O) groups is 1. The van der Waals surface area contributed by atoms with Crippen LogP contribution in [-0.2, 0) is 12.2 Å². The van der Waals surface area contributed by atoms with Crippen molar-refractivity contribution in [2.75, 3.05) is 0 Å². The fourth-order valence-corrected chi connectivity index (χ4v) is 3.20. The molecule has 2 N–H and O–H groups in total. The third-order valence-electron chi connectivity index (χ3n) is 3.87. The van der Waals surface area contributed by atoms with Gasteiger partial charge >= 0.3 is 5.97 Å². The number of hydrogen-bond acceptors (Lipinski definition) is 7. The van der Waals surface area contributed by atoms with Crippen LogP contribution in [0.2, 0.25) is 0 Å². The number of carboxylic acid groups (broad SMARTS) is 1. The van der Waals surface area contributed by atoms with Crippen molar-refractivity contribution in [1.82, 2.24) is 15.2 Å². The van der Waals surface area contributed by atoms with E-state index in [0.29, 0.717) is 16.5 Å². The molecule has 0 atom stereocenters. The Morgan fingerprint density at radius 2 is 1.86 bits per heavy atom. The molecule has 0 radical (unpaired) electrons. The van der Waals surface area contributed by atoms with Crippen molar-refractivity contribution in [2.45, 2.75) is 17.3 Å². The zero-order chi connectivity index (χ0) is 20.1. The zero-order valence-corrected chi connectivity index (χ0v) is 15.2. The number of aromatic carboxylic acids is 1. The largest absolute Gasteiger partial charge is 0.478 e. The summed E-state index contributed by atoms with van der Waals surface area (Å²) in [4.78, 5) is 36.3. The van der Waals surface area contributed by atoms with E-state index in [1.165, 1.54) is 30.0 Å². The van der Waals surface area contributed by atoms with Gasteiger partial charge in [0.05, 0.1) is 10.5 Å². The normalized spacial score (nSPS) is 10.6. The maximum absolute atomic E-state index is 12.2. The summed E-state index contributed by atoms with van der Waals surface area (Å²) in [5.41, 5.74) is 0.988. The molecule has 3 rings (SSSR count). The lowest BCUT2D eigenvalue weighted by Crippen LogP contribution is -2.18. The fourth-order valence-electron chi connectivity index (χ4n) is 2.44. The van der Waals surface area contributed by atoms with Gasteiger partial charge < -0.3 is 5.11 Å². The molecule has 0 bridgehead atoms. The Bertz CT molecular complexity index is 1080. The lowest BCUT2D eigenvalue weighted by atomic mass is 10.1. The van der Waals surface area contributed by atoms with E-state index in [1.54, 1.807) is 30.3 Å². The molecule has 0 aliphatic carbocycles. The molecule has 0 saturated heterocycles. The summed E-state index contributed by atoms with van der Waals surface area (Å²) >= 11 is 1.24. The van der Waals surface area contributed by atoms with Crippen molar-refractivity contribution >= 4 is 23.4 Å². The molecular formula is C18H14N4O5S. The van der Waals surface area contributed by atoms with Gasteiger partial charge in [-0.3, -0.25) is 19.9 Å². The molecule has 2 aromatic carbocycles. The van der Waals surface area contributed by atoms with Gasteiger partial charge in [0.25, 0.3) is 11.2 Å². The fraction of sp³-hybridized carbons (Fsp3) is 0.111. The molecule has 0 spiro atoms. The zero-order valence-electron chi connectivity index (χ0n) is 14.4. The Morgan fingerprint density at radius 3 is 2.50 bits per heavy atom. The highest BCUT2D eigenvalue weighted by Crippen LogP contribution is 2.20. The van der Waals surface area contributed by atoms with E-state index < -0.39 is 16.5 Å². The highest BCUT2D eigenvalue weighted by Gasteiger charge is 2.15. The van der Waals surface area contributed by atoms with Gasteiger partial charge in [0, 0.05) is 23.8 Å². The summed E-state index contributed by atoms with van der Waals surface area (Å²) in [5, 5.41) is 28.1. The van der Waals surface area contributed by atoms with Gasteiger partial charge in [-0.2, -0.15) is 0 Å². The minimum atomic E-state index is -0.997. The van der Waals surface area contributed by atoms with Crippen molar-refractivity contribution in [3.8, 4) is 0 Å². The van der Waals surface area contributed by atoms with Crippen LogP contribution in [0.4, 0.5) is 5.69 Å². The van der Waals surface area contributed by atoms with E-state index >= 15 is 0 Å². The number of nitro benzene ring substituents is 1. The van der Waals surface area contributed by atoms with Gasteiger partial charge in [0.15, 0.2) is 5.16 Å². The van der Waals surface area contributed by atoms with Crippen LogP contribution in [0.5, 0.6) is 0 Å². The van der Waals surface area contributed by atoms with E-state index in [9.17, 15) is 19.7 Å². The van der Waals surface area contributed by atoms with Crippen LogP contribution < -0.4 is 5.56 Å². The number of hydrogen-bond donors (Lipinski definition) is 2. The Hall–Kier alpha value is -3.53. The van der Waals surface area contributed by atoms with Crippen LogP contribution in [0, 0.1) is 10.1 Å². The number of nitro groups is 1. The molecule has 10 heteroatoms. The lowest BCUT2D eigenvalue weighted by Gasteiger charge is -2.04. The minimum absolute atomic E-state index is 0.00108. The maximum Gasteiger partial charge on any atom is 0.335 e. The molecule has 0 amide bonds. The SMILES string of the molecule is O=C(O)c1ccc(CSc2nnc(Cc3ccccc3[N+](=O)[O-])c(=O)[nH]2)cc1. The molecule has 0 aliphatic heterocycles. The van der Waals surface area contributed by atoms with Crippen molar-refractivity contribution in [2.24, 2.45) is 0 Å². The van der Waals surface area contributed by atoms with Gasteiger partial charge in [-0.25, -0.2) is 4.79 Å². The molecule has 0 fully saturated rings. The Morgan fingerprint density at radius 1 is 1.14 bits per heavy atom. The van der Waals surface area contributed by atoms with E-state index in [1.807, 2.05) is 0 Å². The van der Waals surface area contributed by atoms with Crippen LogP contribution in [0.1, 0.15) is 27.2 Å². The number of thioether (sulfide) groups is 1. The van der Waals surface area contributed by atoms with Gasteiger partial charge in [-0.1, -0.05) is 42.1 Å². The second-order valence-electron chi connectivity index (χ2n) is 5.76. The molecule has 1 aromatic heterocycles. The maximum atomic E-state index is 12.2. The predicted octanol–water partition coefficient (Wildman–Crippen LogP) is 2.65. The number of aromatic nitrogens is 3. The summed E-state index contributed by atoms with van der Waals surface area (Å²) < 4.78 is 0. The standard InChI is InChI=1S/C18H14N4O5S/c23-16-14(9-13-3-1-2-4-15(13)22(26)27)20-21-18(19-16)28-10-11-5-7-12(8-6-11)17(24)25/h1-8H,9-10H2,(H,24,25)(H,19,21,23). The number of carboxylic acids is 1. The second-order valence-corrected chi connectivity index (χ2v) is 6.72. The topological polar surface area (TPSA) is 139 Å². The molecule has 3 aromatic rings. The number of nitrogens with zero attached hydrogens (tertiary/aromatic N) is 3. The van der Waals surface area contributed by atoms with E-state index in [0.717, 1.165) is 5.56 Å².